The number of amides is 4. The van der Waals surface area contributed by atoms with E-state index in [2.05, 4.69) is 15.5 Å². The first kappa shape index (κ1) is 26.5. The van der Waals surface area contributed by atoms with Gasteiger partial charge in [-0.3, -0.25) is 9.59 Å². The predicted molar refractivity (Wildman–Crippen MR) is 151 cm³/mol. The van der Waals surface area contributed by atoms with E-state index in [0.717, 1.165) is 29.9 Å². The maximum atomic E-state index is 13.5. The molecule has 1 saturated heterocycles. The molecular weight excluding hydrogens is 518 g/mol. The third kappa shape index (κ3) is 6.16. The first-order chi connectivity index (χ1) is 18.8. The highest BCUT2D eigenvalue weighted by molar-refractivity contribution is 6.30. The number of hydrogen-bond donors (Lipinski definition) is 3. The zero-order valence-electron chi connectivity index (χ0n) is 21.6. The van der Waals surface area contributed by atoms with Gasteiger partial charge in [0.1, 0.15) is 11.8 Å². The topological polar surface area (TPSA) is 105 Å². The molecule has 2 aliphatic rings. The molecule has 1 atom stereocenters. The lowest BCUT2D eigenvalue weighted by Crippen LogP contribution is -2.52. The zero-order chi connectivity index (χ0) is 27.5. The Morgan fingerprint density at radius 1 is 0.897 bits per heavy atom. The lowest BCUT2D eigenvalue weighted by molar-refractivity contribution is -0.121. The number of hydrogen-bond acceptors (Lipinski definition) is 5. The van der Waals surface area contributed by atoms with Crippen molar-refractivity contribution in [1.29, 1.82) is 0 Å². The number of rotatable bonds is 4. The molecule has 3 aromatic carbocycles. The number of aromatic hydroxyl groups is 1. The van der Waals surface area contributed by atoms with Crippen molar-refractivity contribution in [2.75, 3.05) is 42.2 Å². The summed E-state index contributed by atoms with van der Waals surface area (Å²) in [4.78, 5) is 44.8. The molecule has 0 aliphatic carbocycles. The number of carbonyl (C=O) groups is 3. The Kier molecular flexibility index (Phi) is 7.72. The van der Waals surface area contributed by atoms with Crippen LogP contribution in [0, 0.1) is 0 Å². The van der Waals surface area contributed by atoms with Gasteiger partial charge in [0, 0.05) is 61.1 Å². The number of benzene rings is 3. The quantitative estimate of drug-likeness (QED) is 0.451. The lowest BCUT2D eigenvalue weighted by atomic mass is 9.93. The standard InChI is InChI=1S/C29H30ClN5O4/c1-33-13-12-27(37)34(15-14-33)24-9-7-22(8-10-24)31-28(38)26-17-20-16-25(36)11-2-19(20)18-35(26)29(39)32-23-5-3-21(30)4-6-23/h2-11,16,26,36H,12-15,17-18H2,1H3,(H,31,38)(H,32,39)/t26-/m1/s1. The summed E-state index contributed by atoms with van der Waals surface area (Å²) in [7, 11) is 2.00. The molecule has 3 N–H and O–H groups in total. The smallest absolute Gasteiger partial charge is 0.322 e. The third-order valence-corrected chi connectivity index (χ3v) is 7.39. The summed E-state index contributed by atoms with van der Waals surface area (Å²) in [6.45, 7) is 2.33. The maximum Gasteiger partial charge on any atom is 0.322 e. The van der Waals surface area contributed by atoms with Crippen LogP contribution in [0.2, 0.25) is 5.02 Å². The fraction of sp³-hybridized carbons (Fsp3) is 0.276. The van der Waals surface area contributed by atoms with Crippen LogP contribution in [0.25, 0.3) is 0 Å². The number of nitrogens with one attached hydrogen (secondary N) is 2. The van der Waals surface area contributed by atoms with Crippen molar-refractivity contribution in [3.8, 4) is 5.75 Å². The molecule has 5 rings (SSSR count). The van der Waals surface area contributed by atoms with E-state index in [0.29, 0.717) is 29.4 Å². The van der Waals surface area contributed by atoms with Crippen LogP contribution in [-0.2, 0) is 22.6 Å². The van der Waals surface area contributed by atoms with Gasteiger partial charge in [0.05, 0.1) is 0 Å². The normalized spacial score (nSPS) is 17.8. The second kappa shape index (κ2) is 11.3. The molecular formula is C29H30ClN5O4. The Labute approximate surface area is 232 Å². The van der Waals surface area contributed by atoms with E-state index in [1.807, 2.05) is 19.2 Å². The van der Waals surface area contributed by atoms with E-state index >= 15 is 0 Å². The van der Waals surface area contributed by atoms with Gasteiger partial charge in [-0.15, -0.1) is 0 Å². The molecule has 0 aromatic heterocycles. The van der Waals surface area contributed by atoms with E-state index in [-0.39, 0.29) is 30.5 Å². The van der Waals surface area contributed by atoms with Gasteiger partial charge in [-0.25, -0.2) is 4.79 Å². The fourth-order valence-electron chi connectivity index (χ4n) is 4.90. The number of phenolic OH excluding ortho intramolecular Hbond substituents is 1. The van der Waals surface area contributed by atoms with Crippen LogP contribution in [0.3, 0.4) is 0 Å². The summed E-state index contributed by atoms with van der Waals surface area (Å²) >= 11 is 5.96. The first-order valence-corrected chi connectivity index (χ1v) is 13.2. The zero-order valence-corrected chi connectivity index (χ0v) is 22.3. The van der Waals surface area contributed by atoms with Gasteiger partial charge >= 0.3 is 6.03 Å². The largest absolute Gasteiger partial charge is 0.508 e. The average Bonchev–Trinajstić information content (AvgIpc) is 3.09. The Morgan fingerprint density at radius 3 is 2.33 bits per heavy atom. The van der Waals surface area contributed by atoms with Crippen LogP contribution in [0.1, 0.15) is 17.5 Å². The van der Waals surface area contributed by atoms with Crippen molar-refractivity contribution in [2.45, 2.75) is 25.4 Å². The minimum atomic E-state index is -0.811. The average molecular weight is 548 g/mol. The molecule has 0 radical (unpaired) electrons. The van der Waals surface area contributed by atoms with Crippen molar-refractivity contribution in [1.82, 2.24) is 9.80 Å². The SMILES string of the molecule is CN1CCC(=O)N(c2ccc(NC(=O)[C@H]3Cc4cc(O)ccc4CN3C(=O)Nc3ccc(Cl)cc3)cc2)CC1. The van der Waals surface area contributed by atoms with Gasteiger partial charge in [0.25, 0.3) is 0 Å². The number of urea groups is 1. The third-order valence-electron chi connectivity index (χ3n) is 7.14. The van der Waals surface area contributed by atoms with E-state index in [1.165, 1.54) is 4.90 Å². The van der Waals surface area contributed by atoms with E-state index in [9.17, 15) is 19.5 Å². The van der Waals surface area contributed by atoms with Crippen LogP contribution >= 0.6 is 11.6 Å². The summed E-state index contributed by atoms with van der Waals surface area (Å²) in [6.07, 6.45) is 0.707. The number of likely N-dealkylation sites (N-methyl/N-ethyl adjacent to an activating group) is 1. The minimum absolute atomic E-state index is 0.0719. The van der Waals surface area contributed by atoms with E-state index in [4.69, 9.17) is 11.6 Å². The van der Waals surface area contributed by atoms with Gasteiger partial charge in [-0.2, -0.15) is 0 Å². The Hall–Kier alpha value is -4.08. The molecule has 3 aromatic rings. The van der Waals surface area contributed by atoms with Crippen LogP contribution in [-0.4, -0.2) is 65.5 Å². The number of halogens is 1. The minimum Gasteiger partial charge on any atom is -0.508 e. The number of carbonyl (C=O) groups excluding carboxylic acids is 3. The molecule has 39 heavy (non-hydrogen) atoms. The number of phenols is 1. The molecule has 2 aliphatic heterocycles. The number of anilines is 3. The van der Waals surface area contributed by atoms with Crippen molar-refractivity contribution in [3.63, 3.8) is 0 Å². The number of fused-ring (bicyclic) bond motifs is 1. The molecule has 1 fully saturated rings. The maximum absolute atomic E-state index is 13.5. The summed E-state index contributed by atoms with van der Waals surface area (Å²) < 4.78 is 0. The van der Waals surface area contributed by atoms with Crippen molar-refractivity contribution >= 4 is 46.5 Å². The van der Waals surface area contributed by atoms with Crippen LogP contribution in [0.4, 0.5) is 21.9 Å². The van der Waals surface area contributed by atoms with Crippen LogP contribution in [0.5, 0.6) is 5.75 Å². The molecule has 0 bridgehead atoms. The van der Waals surface area contributed by atoms with Crippen molar-refractivity contribution in [3.05, 3.63) is 82.9 Å². The first-order valence-electron chi connectivity index (χ1n) is 12.8. The highest BCUT2D eigenvalue weighted by Gasteiger charge is 2.35. The van der Waals surface area contributed by atoms with E-state index in [1.54, 1.807) is 59.5 Å². The molecule has 0 saturated carbocycles. The fourth-order valence-corrected chi connectivity index (χ4v) is 5.02. The molecule has 0 spiro atoms. The summed E-state index contributed by atoms with van der Waals surface area (Å²) in [5.74, 6) is -0.171. The molecule has 10 heteroatoms. The molecule has 0 unspecified atom stereocenters. The van der Waals surface area contributed by atoms with Gasteiger partial charge in [-0.1, -0.05) is 17.7 Å². The highest BCUT2D eigenvalue weighted by Crippen LogP contribution is 2.29. The second-order valence-corrected chi connectivity index (χ2v) is 10.3. The van der Waals surface area contributed by atoms with Gasteiger partial charge in [-0.05, 0) is 78.8 Å². The molecule has 4 amide bonds. The number of nitrogens with zero attached hydrogens (tertiary/aromatic N) is 3. The van der Waals surface area contributed by atoms with Crippen LogP contribution in [0.15, 0.2) is 66.7 Å². The van der Waals surface area contributed by atoms with Crippen molar-refractivity contribution < 1.29 is 19.5 Å². The van der Waals surface area contributed by atoms with E-state index < -0.39 is 12.1 Å². The summed E-state index contributed by atoms with van der Waals surface area (Å²) in [5, 5.41) is 16.3. The Bertz CT molecular complexity index is 1380. The van der Waals surface area contributed by atoms with Gasteiger partial charge in [0.15, 0.2) is 0 Å². The molecule has 9 nitrogen and oxygen atoms in total. The lowest BCUT2D eigenvalue weighted by Gasteiger charge is -2.36. The van der Waals surface area contributed by atoms with Gasteiger partial charge in [0.2, 0.25) is 11.8 Å². The second-order valence-electron chi connectivity index (χ2n) is 9.87. The highest BCUT2D eigenvalue weighted by atomic mass is 35.5. The van der Waals surface area contributed by atoms with Gasteiger partial charge < -0.3 is 30.4 Å². The Morgan fingerprint density at radius 2 is 1.59 bits per heavy atom. The molecule has 2 heterocycles. The Balaban J connectivity index is 1.33. The molecule has 202 valence electrons. The monoisotopic (exact) mass is 547 g/mol. The summed E-state index contributed by atoms with van der Waals surface area (Å²) in [6, 6.07) is 17.6. The van der Waals surface area contributed by atoms with Crippen molar-refractivity contribution in [2.24, 2.45) is 0 Å². The van der Waals surface area contributed by atoms with Crippen LogP contribution < -0.4 is 15.5 Å². The summed E-state index contributed by atoms with van der Waals surface area (Å²) in [5.41, 5.74) is 3.57. The predicted octanol–water partition coefficient (Wildman–Crippen LogP) is 4.31.